The largest absolute Gasteiger partial charge is 0.384 e. The molecule has 2 fully saturated rings. The molecule has 1 aromatic heterocycles. The molecule has 2 aromatic rings. The van der Waals surface area contributed by atoms with Crippen molar-refractivity contribution >= 4 is 41.2 Å². The van der Waals surface area contributed by atoms with Crippen LogP contribution in [0.1, 0.15) is 70.9 Å². The summed E-state index contributed by atoms with van der Waals surface area (Å²) in [5.41, 5.74) is 0.956. The zero-order valence-corrected chi connectivity index (χ0v) is 19.5. The molecule has 3 heterocycles. The number of nitrogens with zero attached hydrogens (tertiary/aromatic N) is 2. The summed E-state index contributed by atoms with van der Waals surface area (Å²) < 4.78 is 5.20. The van der Waals surface area contributed by atoms with Crippen molar-refractivity contribution in [3.63, 3.8) is 0 Å². The monoisotopic (exact) mass is 494 g/mol. The minimum absolute atomic E-state index is 0.0705. The Morgan fingerprint density at radius 2 is 1.89 bits per heavy atom. The summed E-state index contributed by atoms with van der Waals surface area (Å²) in [6.45, 7) is 0.947. The van der Waals surface area contributed by atoms with Crippen molar-refractivity contribution in [1.82, 2.24) is 20.7 Å². The van der Waals surface area contributed by atoms with Gasteiger partial charge < -0.3 is 15.2 Å². The van der Waals surface area contributed by atoms with Gasteiger partial charge in [-0.15, -0.1) is 0 Å². The number of unbranched alkanes of at least 4 members (excludes halogenated alkanes) is 1. The van der Waals surface area contributed by atoms with E-state index in [2.05, 4.69) is 26.4 Å². The number of hydrogen-bond donors (Lipinski definition) is 4. The highest BCUT2D eigenvalue weighted by molar-refractivity contribution is 6.25. The Kier molecular flexibility index (Phi) is 6.40. The fraction of sp³-hybridized carbons (Fsp3) is 0.417. The molecule has 1 aromatic carbocycles. The first kappa shape index (κ1) is 23.5. The van der Waals surface area contributed by atoms with Crippen molar-refractivity contribution < 1.29 is 28.5 Å². The molecule has 1 saturated heterocycles. The van der Waals surface area contributed by atoms with Crippen molar-refractivity contribution in [2.45, 2.75) is 50.5 Å². The summed E-state index contributed by atoms with van der Waals surface area (Å²) in [5, 5.41) is 14.6. The van der Waals surface area contributed by atoms with Gasteiger partial charge >= 0.3 is 6.03 Å². The number of carbonyl (C=O) groups is 5. The quantitative estimate of drug-likeness (QED) is 0.304. The van der Waals surface area contributed by atoms with Crippen molar-refractivity contribution in [1.29, 1.82) is 0 Å². The first-order chi connectivity index (χ1) is 17.4. The molecular formula is C24H26N6O6. The molecule has 1 unspecified atom stereocenters. The van der Waals surface area contributed by atoms with E-state index in [1.807, 2.05) is 0 Å². The van der Waals surface area contributed by atoms with Crippen LogP contribution in [-0.2, 0) is 9.59 Å². The zero-order chi connectivity index (χ0) is 25.2. The van der Waals surface area contributed by atoms with Crippen molar-refractivity contribution in [3.8, 4) is 0 Å². The third-order valence-corrected chi connectivity index (χ3v) is 6.42. The van der Waals surface area contributed by atoms with Crippen LogP contribution in [0.15, 0.2) is 28.8 Å². The molecule has 36 heavy (non-hydrogen) atoms. The molecular weight excluding hydrogens is 468 g/mol. The average Bonchev–Trinajstić information content (AvgIpc) is 3.55. The maximum Gasteiger partial charge on any atom is 0.320 e. The van der Waals surface area contributed by atoms with E-state index in [1.54, 1.807) is 24.3 Å². The van der Waals surface area contributed by atoms with Crippen LogP contribution in [0.5, 0.6) is 0 Å². The SMILES string of the molecule is O=C1CCC(N2C(=O)c3cccc(NCCCCNC(=O)Nc4cc(C5CC5)on4)c3C2=O)C(=O)N1. The van der Waals surface area contributed by atoms with Gasteiger partial charge in [-0.1, -0.05) is 11.2 Å². The third kappa shape index (κ3) is 4.79. The molecule has 6 amide bonds. The molecule has 3 aliphatic rings. The highest BCUT2D eigenvalue weighted by atomic mass is 16.5. The summed E-state index contributed by atoms with van der Waals surface area (Å²) in [7, 11) is 0. The maximum absolute atomic E-state index is 13.1. The third-order valence-electron chi connectivity index (χ3n) is 6.42. The van der Waals surface area contributed by atoms with E-state index in [9.17, 15) is 24.0 Å². The number of hydrogen-bond acceptors (Lipinski definition) is 8. The Labute approximate surface area is 206 Å². The van der Waals surface area contributed by atoms with Gasteiger partial charge in [-0.05, 0) is 44.2 Å². The Hall–Kier alpha value is -4.22. The Balaban J connectivity index is 1.09. The van der Waals surface area contributed by atoms with E-state index in [1.165, 1.54) is 0 Å². The minimum atomic E-state index is -1.00. The van der Waals surface area contributed by atoms with Crippen LogP contribution in [0.3, 0.4) is 0 Å². The van der Waals surface area contributed by atoms with Crippen LogP contribution in [0.4, 0.5) is 16.3 Å². The second-order valence-electron chi connectivity index (χ2n) is 9.08. The Morgan fingerprint density at radius 3 is 2.67 bits per heavy atom. The molecule has 12 heteroatoms. The smallest absolute Gasteiger partial charge is 0.320 e. The molecule has 0 radical (unpaired) electrons. The molecule has 12 nitrogen and oxygen atoms in total. The van der Waals surface area contributed by atoms with Gasteiger partial charge in [-0.2, -0.15) is 0 Å². The number of nitrogens with one attached hydrogen (secondary N) is 4. The lowest BCUT2D eigenvalue weighted by molar-refractivity contribution is -0.136. The van der Waals surface area contributed by atoms with Crippen LogP contribution >= 0.6 is 0 Å². The van der Waals surface area contributed by atoms with Crippen molar-refractivity contribution in [3.05, 3.63) is 41.2 Å². The molecule has 4 N–H and O–H groups in total. The van der Waals surface area contributed by atoms with Crippen molar-refractivity contribution in [2.75, 3.05) is 23.7 Å². The molecule has 0 spiro atoms. The normalized spacial score (nSPS) is 19.2. The number of rotatable bonds is 9. The number of carbonyl (C=O) groups excluding carboxylic acids is 5. The highest BCUT2D eigenvalue weighted by Crippen LogP contribution is 2.40. The van der Waals surface area contributed by atoms with E-state index in [4.69, 9.17) is 4.52 Å². The Bertz CT molecular complexity index is 1240. The zero-order valence-electron chi connectivity index (χ0n) is 19.5. The van der Waals surface area contributed by atoms with Gasteiger partial charge in [0.15, 0.2) is 5.82 Å². The first-order valence-electron chi connectivity index (χ1n) is 12.0. The molecule has 0 bridgehead atoms. The number of urea groups is 1. The summed E-state index contributed by atoms with van der Waals surface area (Å²) >= 11 is 0. The van der Waals surface area contributed by atoms with Crippen LogP contribution in [0.2, 0.25) is 0 Å². The summed E-state index contributed by atoms with van der Waals surface area (Å²) in [6, 6.07) is 5.31. The molecule has 2 aliphatic heterocycles. The number of imide groups is 2. The lowest BCUT2D eigenvalue weighted by Gasteiger charge is -2.27. The number of aromatic nitrogens is 1. The van der Waals surface area contributed by atoms with Gasteiger partial charge in [-0.3, -0.25) is 34.7 Å². The summed E-state index contributed by atoms with van der Waals surface area (Å²) in [5.74, 6) is -0.544. The van der Waals surface area contributed by atoms with Gasteiger partial charge in [0.1, 0.15) is 11.8 Å². The highest BCUT2D eigenvalue weighted by Gasteiger charge is 2.45. The molecule has 1 atom stereocenters. The van der Waals surface area contributed by atoms with Gasteiger partial charge in [0.05, 0.1) is 11.1 Å². The first-order valence-corrected chi connectivity index (χ1v) is 12.0. The predicted octanol–water partition coefficient (Wildman–Crippen LogP) is 1.97. The lowest BCUT2D eigenvalue weighted by atomic mass is 10.0. The van der Waals surface area contributed by atoms with Crippen LogP contribution < -0.4 is 21.3 Å². The van der Waals surface area contributed by atoms with E-state index < -0.39 is 29.7 Å². The summed E-state index contributed by atoms with van der Waals surface area (Å²) in [4.78, 5) is 62.6. The predicted molar refractivity (Wildman–Crippen MR) is 126 cm³/mol. The van der Waals surface area contributed by atoms with Gasteiger partial charge in [0, 0.05) is 37.2 Å². The molecule has 188 valence electrons. The average molecular weight is 495 g/mol. The number of fused-ring (bicyclic) bond motifs is 1. The van der Waals surface area contributed by atoms with E-state index in [-0.39, 0.29) is 30.0 Å². The summed E-state index contributed by atoms with van der Waals surface area (Å²) in [6.07, 6.45) is 3.72. The topological polar surface area (TPSA) is 163 Å². The molecule has 1 saturated carbocycles. The molecule has 5 rings (SSSR count). The van der Waals surface area contributed by atoms with E-state index in [0.29, 0.717) is 43.4 Å². The number of piperidine rings is 1. The second kappa shape index (κ2) is 9.80. The fourth-order valence-corrected chi connectivity index (χ4v) is 4.41. The van der Waals surface area contributed by atoms with Gasteiger partial charge in [0.2, 0.25) is 11.8 Å². The fourth-order valence-electron chi connectivity index (χ4n) is 4.41. The second-order valence-corrected chi connectivity index (χ2v) is 9.08. The maximum atomic E-state index is 13.1. The van der Waals surface area contributed by atoms with Crippen molar-refractivity contribution in [2.24, 2.45) is 0 Å². The van der Waals surface area contributed by atoms with Gasteiger partial charge in [-0.25, -0.2) is 4.79 Å². The number of amides is 6. The lowest BCUT2D eigenvalue weighted by Crippen LogP contribution is -2.54. The standard InChI is InChI=1S/C24H26N6O6/c31-19-9-8-16(21(32)28-19)30-22(33)14-4-3-5-15(20(14)23(30)34)25-10-1-2-11-26-24(35)27-18-12-17(36-29-18)13-6-7-13/h3-5,12-13,16,25H,1-2,6-11H2,(H,28,31,32)(H2,26,27,29,35). The van der Waals surface area contributed by atoms with Gasteiger partial charge in [0.25, 0.3) is 11.8 Å². The Morgan fingerprint density at radius 1 is 1.08 bits per heavy atom. The van der Waals surface area contributed by atoms with E-state index >= 15 is 0 Å². The number of anilines is 2. The van der Waals surface area contributed by atoms with Crippen LogP contribution in [0.25, 0.3) is 0 Å². The molecule has 1 aliphatic carbocycles. The van der Waals surface area contributed by atoms with Crippen LogP contribution in [0, 0.1) is 0 Å². The minimum Gasteiger partial charge on any atom is -0.384 e. The van der Waals surface area contributed by atoms with Crippen LogP contribution in [-0.4, -0.2) is 58.8 Å². The number of benzene rings is 1. The van der Waals surface area contributed by atoms with E-state index in [0.717, 1.165) is 23.5 Å².